The maximum Gasteiger partial charge on any atom is 0.340 e. The van der Waals surface area contributed by atoms with Crippen LogP contribution in [0, 0.1) is 5.82 Å². The second-order valence-electron chi connectivity index (χ2n) is 8.42. The molecule has 5 aromatic rings. The number of nitrogens with one attached hydrogen (secondary N) is 2. The van der Waals surface area contributed by atoms with Crippen LogP contribution in [0.25, 0.3) is 27.6 Å². The summed E-state index contributed by atoms with van der Waals surface area (Å²) in [6.07, 6.45) is -0.876. The minimum atomic E-state index is -4.37. The molecule has 38 heavy (non-hydrogen) atoms. The molecule has 0 fully saturated rings. The summed E-state index contributed by atoms with van der Waals surface area (Å²) in [5.41, 5.74) is 0.0179. The Hall–Kier alpha value is -4.55. The first kappa shape index (κ1) is 25.1. The van der Waals surface area contributed by atoms with Crippen LogP contribution in [0.5, 0.6) is 5.75 Å². The molecule has 2 aromatic carbocycles. The van der Waals surface area contributed by atoms with Crippen molar-refractivity contribution in [3.63, 3.8) is 0 Å². The van der Waals surface area contributed by atoms with Gasteiger partial charge in [0.1, 0.15) is 40.6 Å². The number of alkyl halides is 4. The molecular formula is C25H19F5N6O2. The van der Waals surface area contributed by atoms with Crippen molar-refractivity contribution in [3.05, 3.63) is 83.1 Å². The first-order valence-corrected chi connectivity index (χ1v) is 11.3. The summed E-state index contributed by atoms with van der Waals surface area (Å²) in [5.74, 6) is -4.78. The Morgan fingerprint density at radius 2 is 1.92 bits per heavy atom. The largest absolute Gasteiger partial charge is 0.487 e. The van der Waals surface area contributed by atoms with Gasteiger partial charge in [-0.15, -0.1) is 0 Å². The molecule has 0 unspecified atom stereocenters. The lowest BCUT2D eigenvalue weighted by Gasteiger charge is -2.21. The number of hydrogen-bond acceptors (Lipinski definition) is 6. The molecule has 0 aliphatic heterocycles. The van der Waals surface area contributed by atoms with Crippen molar-refractivity contribution in [1.29, 1.82) is 0 Å². The predicted molar refractivity (Wildman–Crippen MR) is 130 cm³/mol. The Morgan fingerprint density at radius 3 is 2.71 bits per heavy atom. The number of H-pyrrole nitrogens is 1. The number of ether oxygens (including phenoxy) is 1. The number of benzene rings is 2. The van der Waals surface area contributed by atoms with E-state index in [0.717, 1.165) is 10.6 Å². The molecule has 0 aliphatic rings. The average Bonchev–Trinajstić information content (AvgIpc) is 3.37. The standard InChI is InChI=1S/C25H19F5N6O2/c1-13(34-21-16-8-9-31-20(16)32-12-33-21)22-35-18-7-3-6-17(26)19(18)23(37)36(22)14-4-2-5-15(10-14)38-11-25(29,30)24(27)28/h2-10,12-13,24H,11H2,1H3,(H2,31,32,33,34)/t13-/m0/s1. The molecule has 0 aliphatic carbocycles. The molecule has 5 rings (SSSR count). The van der Waals surface area contributed by atoms with Gasteiger partial charge in [0.2, 0.25) is 0 Å². The Kier molecular flexibility index (Phi) is 6.43. The topological polar surface area (TPSA) is 97.7 Å². The van der Waals surface area contributed by atoms with Gasteiger partial charge in [0.05, 0.1) is 22.6 Å². The van der Waals surface area contributed by atoms with Gasteiger partial charge >= 0.3 is 12.3 Å². The van der Waals surface area contributed by atoms with Gasteiger partial charge in [-0.3, -0.25) is 9.36 Å². The van der Waals surface area contributed by atoms with Crippen LogP contribution in [0.15, 0.2) is 65.8 Å². The van der Waals surface area contributed by atoms with Gasteiger partial charge in [0, 0.05) is 12.3 Å². The summed E-state index contributed by atoms with van der Waals surface area (Å²) in [4.78, 5) is 29.5. The van der Waals surface area contributed by atoms with Gasteiger partial charge in [-0.05, 0) is 37.3 Å². The van der Waals surface area contributed by atoms with Gasteiger partial charge < -0.3 is 15.0 Å². The minimum Gasteiger partial charge on any atom is -0.487 e. The van der Waals surface area contributed by atoms with Crippen LogP contribution in [0.1, 0.15) is 18.8 Å². The highest BCUT2D eigenvalue weighted by atomic mass is 19.3. The second-order valence-corrected chi connectivity index (χ2v) is 8.42. The molecule has 8 nitrogen and oxygen atoms in total. The SMILES string of the molecule is C[C@H](Nc1ncnc2[nH]ccc12)c1nc2cccc(F)c2c(=O)n1-c1cccc(OCC(F)(F)C(F)F)c1. The lowest BCUT2D eigenvalue weighted by Crippen LogP contribution is -2.33. The van der Waals surface area contributed by atoms with Crippen molar-refractivity contribution in [2.24, 2.45) is 0 Å². The highest BCUT2D eigenvalue weighted by Gasteiger charge is 2.41. The summed E-state index contributed by atoms with van der Waals surface area (Å²) in [6.45, 7) is 0.131. The van der Waals surface area contributed by atoms with Gasteiger partial charge in [-0.1, -0.05) is 12.1 Å². The van der Waals surface area contributed by atoms with E-state index in [1.165, 1.54) is 42.7 Å². The maximum absolute atomic E-state index is 14.7. The van der Waals surface area contributed by atoms with Gasteiger partial charge in [0.25, 0.3) is 5.56 Å². The minimum absolute atomic E-state index is 0.101. The molecule has 0 bridgehead atoms. The number of halogens is 5. The van der Waals surface area contributed by atoms with E-state index < -0.39 is 36.4 Å². The van der Waals surface area contributed by atoms with E-state index in [1.54, 1.807) is 19.2 Å². The third-order valence-electron chi connectivity index (χ3n) is 5.79. The molecule has 196 valence electrons. The molecule has 0 amide bonds. The van der Waals surface area contributed by atoms with E-state index in [9.17, 15) is 26.7 Å². The Labute approximate surface area is 211 Å². The summed E-state index contributed by atoms with van der Waals surface area (Å²) < 4.78 is 72.6. The van der Waals surface area contributed by atoms with E-state index in [4.69, 9.17) is 4.74 Å². The Bertz CT molecular complexity index is 1690. The zero-order chi connectivity index (χ0) is 27.0. The highest BCUT2D eigenvalue weighted by molar-refractivity contribution is 5.86. The zero-order valence-electron chi connectivity index (χ0n) is 19.6. The first-order valence-electron chi connectivity index (χ1n) is 11.3. The number of nitrogens with zero attached hydrogens (tertiary/aromatic N) is 4. The van der Waals surface area contributed by atoms with Crippen molar-refractivity contribution in [3.8, 4) is 11.4 Å². The fourth-order valence-corrected chi connectivity index (χ4v) is 3.96. The molecule has 0 saturated carbocycles. The number of anilines is 1. The lowest BCUT2D eigenvalue weighted by molar-refractivity contribution is -0.148. The van der Waals surface area contributed by atoms with Crippen LogP contribution in [0.3, 0.4) is 0 Å². The van der Waals surface area contributed by atoms with E-state index in [2.05, 4.69) is 25.3 Å². The van der Waals surface area contributed by atoms with Crippen LogP contribution < -0.4 is 15.6 Å². The number of fused-ring (bicyclic) bond motifs is 2. The predicted octanol–water partition coefficient (Wildman–Crippen LogP) is 5.25. The maximum atomic E-state index is 14.7. The molecule has 3 aromatic heterocycles. The molecule has 1 atom stereocenters. The summed E-state index contributed by atoms with van der Waals surface area (Å²) in [7, 11) is 0. The number of aromatic amines is 1. The molecular weight excluding hydrogens is 511 g/mol. The van der Waals surface area contributed by atoms with Gasteiger partial charge in [-0.2, -0.15) is 8.78 Å². The third-order valence-corrected chi connectivity index (χ3v) is 5.79. The van der Waals surface area contributed by atoms with Crippen LogP contribution in [-0.2, 0) is 0 Å². The third kappa shape index (κ3) is 4.62. The Morgan fingerprint density at radius 1 is 1.13 bits per heavy atom. The fraction of sp³-hybridized carbons (Fsp3) is 0.200. The lowest BCUT2D eigenvalue weighted by atomic mass is 10.2. The highest BCUT2D eigenvalue weighted by Crippen LogP contribution is 2.28. The smallest absolute Gasteiger partial charge is 0.340 e. The summed E-state index contributed by atoms with van der Waals surface area (Å²) in [5, 5.41) is 3.57. The monoisotopic (exact) mass is 530 g/mol. The van der Waals surface area contributed by atoms with Crippen molar-refractivity contribution in [2.75, 3.05) is 11.9 Å². The van der Waals surface area contributed by atoms with E-state index in [0.29, 0.717) is 16.9 Å². The van der Waals surface area contributed by atoms with Crippen molar-refractivity contribution >= 4 is 27.8 Å². The number of rotatable bonds is 8. The quantitative estimate of drug-likeness (QED) is 0.266. The molecule has 0 spiro atoms. The van der Waals surface area contributed by atoms with Crippen LogP contribution in [-0.4, -0.2) is 43.5 Å². The van der Waals surface area contributed by atoms with Crippen molar-refractivity contribution in [2.45, 2.75) is 25.3 Å². The molecule has 0 saturated heterocycles. The molecule has 13 heteroatoms. The summed E-state index contributed by atoms with van der Waals surface area (Å²) in [6, 6.07) is 10.4. The summed E-state index contributed by atoms with van der Waals surface area (Å²) >= 11 is 0. The first-order chi connectivity index (χ1) is 18.2. The molecule has 3 heterocycles. The van der Waals surface area contributed by atoms with E-state index in [1.807, 2.05) is 0 Å². The number of hydrogen-bond donors (Lipinski definition) is 2. The van der Waals surface area contributed by atoms with Crippen LogP contribution in [0.4, 0.5) is 27.8 Å². The zero-order valence-corrected chi connectivity index (χ0v) is 19.6. The van der Waals surface area contributed by atoms with Gasteiger partial charge in [0.15, 0.2) is 6.61 Å². The van der Waals surface area contributed by atoms with E-state index >= 15 is 0 Å². The van der Waals surface area contributed by atoms with Crippen molar-refractivity contribution in [1.82, 2.24) is 24.5 Å². The fourth-order valence-electron chi connectivity index (χ4n) is 3.96. The number of aromatic nitrogens is 5. The Balaban J connectivity index is 1.61. The molecule has 2 N–H and O–H groups in total. The normalized spacial score (nSPS) is 12.8. The average molecular weight is 530 g/mol. The van der Waals surface area contributed by atoms with Crippen LogP contribution in [0.2, 0.25) is 0 Å². The van der Waals surface area contributed by atoms with E-state index in [-0.39, 0.29) is 28.2 Å². The van der Waals surface area contributed by atoms with Crippen molar-refractivity contribution < 1.29 is 26.7 Å². The van der Waals surface area contributed by atoms with Gasteiger partial charge in [-0.25, -0.2) is 28.1 Å². The second kappa shape index (κ2) is 9.72. The van der Waals surface area contributed by atoms with Crippen LogP contribution >= 0.6 is 0 Å². The molecule has 0 radical (unpaired) electrons.